The minimum atomic E-state index is -0.684. The van der Waals surface area contributed by atoms with Gasteiger partial charge in [0.2, 0.25) is 5.91 Å². The number of hydrogen-bond acceptors (Lipinski definition) is 4. The smallest absolute Gasteiger partial charge is 0.246 e. The van der Waals surface area contributed by atoms with Crippen molar-refractivity contribution in [2.24, 2.45) is 5.92 Å². The van der Waals surface area contributed by atoms with Crippen LogP contribution in [-0.4, -0.2) is 75.8 Å². The van der Waals surface area contributed by atoms with Gasteiger partial charge in [-0.15, -0.1) is 0 Å². The van der Waals surface area contributed by atoms with Crippen molar-refractivity contribution >= 4 is 22.9 Å². The molecule has 2 aliphatic rings. The number of aromatic nitrogens is 1. The largest absolute Gasteiger partial charge is 0.392 e. The summed E-state index contributed by atoms with van der Waals surface area (Å²) in [5.41, 5.74) is 3.77. The summed E-state index contributed by atoms with van der Waals surface area (Å²) in [6.07, 6.45) is 5.94. The van der Waals surface area contributed by atoms with Crippen LogP contribution in [0.3, 0.4) is 0 Å². The van der Waals surface area contributed by atoms with Crippen LogP contribution in [0.4, 0.5) is 8.78 Å². The molecule has 0 spiro atoms. The summed E-state index contributed by atoms with van der Waals surface area (Å²) in [5.74, 6) is -1.44. The molecule has 3 aromatic rings. The van der Waals surface area contributed by atoms with E-state index in [1.807, 2.05) is 12.3 Å². The highest BCUT2D eigenvalue weighted by molar-refractivity contribution is 5.91. The van der Waals surface area contributed by atoms with Crippen LogP contribution in [0.15, 0.2) is 48.7 Å². The number of halogens is 2. The molecule has 1 amide bonds. The Hall–Kier alpha value is -3.07. The van der Waals surface area contributed by atoms with Crippen LogP contribution >= 0.6 is 0 Å². The summed E-state index contributed by atoms with van der Waals surface area (Å²) in [6.45, 7) is 4.94. The Morgan fingerprint density at radius 1 is 1.13 bits per heavy atom. The van der Waals surface area contributed by atoms with Crippen molar-refractivity contribution in [1.29, 1.82) is 0 Å². The fraction of sp³-hybridized carbons (Fsp3) is 0.433. The summed E-state index contributed by atoms with van der Waals surface area (Å²) >= 11 is 0. The number of benzene rings is 2. The van der Waals surface area contributed by atoms with Gasteiger partial charge in [0.05, 0.1) is 12.2 Å². The second-order valence-corrected chi connectivity index (χ2v) is 10.7. The van der Waals surface area contributed by atoms with Crippen LogP contribution in [0, 0.1) is 24.5 Å². The van der Waals surface area contributed by atoms with Crippen molar-refractivity contribution in [2.45, 2.75) is 44.3 Å². The number of H-pyrrole nitrogens is 1. The average Bonchev–Trinajstić information content (AvgIpc) is 3.32. The molecule has 8 heteroatoms. The van der Waals surface area contributed by atoms with Crippen molar-refractivity contribution < 1.29 is 23.8 Å². The Morgan fingerprint density at radius 3 is 2.58 bits per heavy atom. The van der Waals surface area contributed by atoms with E-state index in [0.717, 1.165) is 30.1 Å². The highest BCUT2D eigenvalue weighted by Crippen LogP contribution is 2.34. The van der Waals surface area contributed by atoms with E-state index in [-0.39, 0.29) is 17.7 Å². The SMILES string of the molecule is Cc1cccc2c(C3CCN(C[C@@H](O)C4CCN(C(=O)/C=C/c5cc(F)cc(F)c5)CC4)CC3O)c[nH]c12. The molecule has 38 heavy (non-hydrogen) atoms. The maximum absolute atomic E-state index is 13.4. The quantitative estimate of drug-likeness (QED) is 0.423. The number of aromatic amines is 1. The summed E-state index contributed by atoms with van der Waals surface area (Å²) in [4.78, 5) is 19.8. The molecule has 6 nitrogen and oxygen atoms in total. The molecule has 0 bridgehead atoms. The molecular formula is C30H35F2N3O3. The van der Waals surface area contributed by atoms with Gasteiger partial charge < -0.3 is 20.1 Å². The molecule has 2 fully saturated rings. The maximum atomic E-state index is 13.4. The number of nitrogens with one attached hydrogen (secondary N) is 1. The van der Waals surface area contributed by atoms with Crippen LogP contribution in [0.1, 0.15) is 41.9 Å². The molecule has 0 saturated carbocycles. The van der Waals surface area contributed by atoms with Gasteiger partial charge in [0, 0.05) is 61.3 Å². The minimum absolute atomic E-state index is 0.0603. The monoisotopic (exact) mass is 523 g/mol. The lowest BCUT2D eigenvalue weighted by Crippen LogP contribution is -2.48. The lowest BCUT2D eigenvalue weighted by atomic mass is 9.85. The van der Waals surface area contributed by atoms with Gasteiger partial charge in [-0.1, -0.05) is 18.2 Å². The van der Waals surface area contributed by atoms with Crippen LogP contribution in [0.2, 0.25) is 0 Å². The lowest BCUT2D eigenvalue weighted by Gasteiger charge is -2.39. The molecule has 2 saturated heterocycles. The number of fused-ring (bicyclic) bond motifs is 1. The Labute approximate surface area is 221 Å². The van der Waals surface area contributed by atoms with E-state index in [1.54, 1.807) is 4.90 Å². The Kier molecular flexibility index (Phi) is 7.93. The molecule has 0 radical (unpaired) electrons. The van der Waals surface area contributed by atoms with E-state index in [0.29, 0.717) is 44.6 Å². The molecule has 1 aromatic heterocycles. The minimum Gasteiger partial charge on any atom is -0.392 e. The number of aliphatic hydroxyl groups excluding tert-OH is 2. The van der Waals surface area contributed by atoms with E-state index in [1.165, 1.54) is 35.2 Å². The molecule has 0 aliphatic carbocycles. The fourth-order valence-electron chi connectivity index (χ4n) is 6.02. The van der Waals surface area contributed by atoms with Crippen LogP contribution in [0.5, 0.6) is 0 Å². The zero-order valence-electron chi connectivity index (χ0n) is 21.6. The predicted octanol–water partition coefficient (Wildman–Crippen LogP) is 4.22. The molecule has 3 heterocycles. The number of rotatable bonds is 6. The van der Waals surface area contributed by atoms with Crippen LogP contribution in [0.25, 0.3) is 17.0 Å². The van der Waals surface area contributed by atoms with Gasteiger partial charge >= 0.3 is 0 Å². The normalized spacial score (nSPS) is 22.4. The van der Waals surface area contributed by atoms with Crippen LogP contribution < -0.4 is 0 Å². The second kappa shape index (κ2) is 11.4. The number of carbonyl (C=O) groups is 1. The van der Waals surface area contributed by atoms with Gasteiger partial charge in [-0.2, -0.15) is 0 Å². The highest BCUT2D eigenvalue weighted by Gasteiger charge is 2.33. The number of hydrogen-bond donors (Lipinski definition) is 3. The van der Waals surface area contributed by atoms with Crippen LogP contribution in [-0.2, 0) is 4.79 Å². The number of likely N-dealkylation sites (tertiary alicyclic amines) is 2. The van der Waals surface area contributed by atoms with Crippen molar-refractivity contribution in [3.8, 4) is 0 Å². The van der Waals surface area contributed by atoms with E-state index in [9.17, 15) is 23.8 Å². The molecule has 2 aliphatic heterocycles. The molecule has 2 aromatic carbocycles. The topological polar surface area (TPSA) is 79.8 Å². The first-order chi connectivity index (χ1) is 18.3. The summed E-state index contributed by atoms with van der Waals surface area (Å²) in [7, 11) is 0. The summed E-state index contributed by atoms with van der Waals surface area (Å²) in [5, 5.41) is 23.1. The molecular weight excluding hydrogens is 488 g/mol. The third-order valence-electron chi connectivity index (χ3n) is 8.17. The number of amides is 1. The first-order valence-corrected chi connectivity index (χ1v) is 13.4. The van der Waals surface area contributed by atoms with Crippen molar-refractivity contribution in [2.75, 3.05) is 32.7 Å². The maximum Gasteiger partial charge on any atom is 0.246 e. The number of piperidine rings is 2. The van der Waals surface area contributed by atoms with Crippen molar-refractivity contribution in [3.63, 3.8) is 0 Å². The number of β-amino-alcohol motifs (C(OH)–C–C–N with tert-alkyl or cyclic N) is 2. The van der Waals surface area contributed by atoms with Gasteiger partial charge in [-0.05, 0) is 73.5 Å². The fourth-order valence-corrected chi connectivity index (χ4v) is 6.02. The average molecular weight is 524 g/mol. The summed E-state index contributed by atoms with van der Waals surface area (Å²) in [6, 6.07) is 9.38. The van der Waals surface area contributed by atoms with E-state index >= 15 is 0 Å². The van der Waals surface area contributed by atoms with Gasteiger partial charge in [0.25, 0.3) is 0 Å². The van der Waals surface area contributed by atoms with Gasteiger partial charge in [-0.25, -0.2) is 8.78 Å². The van der Waals surface area contributed by atoms with Gasteiger partial charge in [-0.3, -0.25) is 9.69 Å². The number of carbonyl (C=O) groups excluding carboxylic acids is 1. The third kappa shape index (κ3) is 5.82. The number of aliphatic hydroxyl groups is 2. The Bertz CT molecular complexity index is 1300. The number of nitrogens with zero attached hydrogens (tertiary/aromatic N) is 2. The zero-order chi connectivity index (χ0) is 26.8. The molecule has 202 valence electrons. The first-order valence-electron chi connectivity index (χ1n) is 13.4. The zero-order valence-corrected chi connectivity index (χ0v) is 21.6. The lowest BCUT2D eigenvalue weighted by molar-refractivity contribution is -0.128. The van der Waals surface area contributed by atoms with Gasteiger partial charge in [0.15, 0.2) is 0 Å². The molecule has 3 N–H and O–H groups in total. The summed E-state index contributed by atoms with van der Waals surface area (Å²) < 4.78 is 26.7. The Morgan fingerprint density at radius 2 is 1.87 bits per heavy atom. The second-order valence-electron chi connectivity index (χ2n) is 10.7. The number of aryl methyl sites for hydroxylation is 1. The standard InChI is InChI=1S/C30H35F2N3O3/c1-19-3-2-4-25-26(16-33-30(19)25)24-9-10-34(18-28(24)37)17-27(36)21-7-11-35(12-8-21)29(38)6-5-20-13-22(31)15-23(32)14-20/h2-6,13-16,21,24,27-28,33,36-37H,7-12,17-18H2,1H3/b6-5+/t24?,27-,28?/m1/s1. The molecule has 5 rings (SSSR count). The van der Waals surface area contributed by atoms with Crippen molar-refractivity contribution in [1.82, 2.24) is 14.8 Å². The molecule has 3 atom stereocenters. The van der Waals surface area contributed by atoms with E-state index < -0.39 is 23.8 Å². The van der Waals surface area contributed by atoms with E-state index in [2.05, 4.69) is 28.9 Å². The first kappa shape index (κ1) is 26.5. The molecule has 2 unspecified atom stereocenters. The Balaban J connectivity index is 1.10. The predicted molar refractivity (Wildman–Crippen MR) is 144 cm³/mol. The highest BCUT2D eigenvalue weighted by atomic mass is 19.1. The number of para-hydroxylation sites is 1. The third-order valence-corrected chi connectivity index (χ3v) is 8.17. The van der Waals surface area contributed by atoms with Gasteiger partial charge in [0.1, 0.15) is 11.6 Å². The van der Waals surface area contributed by atoms with Crippen molar-refractivity contribution in [3.05, 3.63) is 77.0 Å². The van der Waals surface area contributed by atoms with E-state index in [4.69, 9.17) is 0 Å².